The standard InChI is InChI=1S/C14H22N2O/c1-11(17)16-13-7-5-12(6-8-13)9-10-15-14(2,3)4/h5-8,15H,9-10H2,1-4H3,(H,16,17). The molecule has 0 atom stereocenters. The van der Waals surface area contributed by atoms with Gasteiger partial charge in [-0.05, 0) is 51.4 Å². The van der Waals surface area contributed by atoms with E-state index in [2.05, 4.69) is 43.5 Å². The molecule has 17 heavy (non-hydrogen) atoms. The first-order chi connectivity index (χ1) is 7.87. The van der Waals surface area contributed by atoms with Gasteiger partial charge in [-0.3, -0.25) is 4.79 Å². The number of carbonyl (C=O) groups is 1. The molecule has 94 valence electrons. The lowest BCUT2D eigenvalue weighted by Gasteiger charge is -2.20. The lowest BCUT2D eigenvalue weighted by molar-refractivity contribution is -0.114. The average molecular weight is 234 g/mol. The molecule has 0 aliphatic rings. The van der Waals surface area contributed by atoms with Crippen molar-refractivity contribution in [3.63, 3.8) is 0 Å². The van der Waals surface area contributed by atoms with Crippen molar-refractivity contribution < 1.29 is 4.79 Å². The van der Waals surface area contributed by atoms with Gasteiger partial charge in [0.1, 0.15) is 0 Å². The highest BCUT2D eigenvalue weighted by molar-refractivity contribution is 5.88. The molecule has 3 nitrogen and oxygen atoms in total. The molecule has 0 unspecified atom stereocenters. The molecule has 1 aromatic carbocycles. The average Bonchev–Trinajstić information content (AvgIpc) is 2.18. The first-order valence-corrected chi connectivity index (χ1v) is 5.98. The normalized spacial score (nSPS) is 11.3. The Labute approximate surface area is 104 Å². The highest BCUT2D eigenvalue weighted by Gasteiger charge is 2.07. The molecule has 0 fully saturated rings. The van der Waals surface area contributed by atoms with E-state index in [1.54, 1.807) is 0 Å². The number of anilines is 1. The summed E-state index contributed by atoms with van der Waals surface area (Å²) in [5.41, 5.74) is 2.29. The van der Waals surface area contributed by atoms with Crippen molar-refractivity contribution in [1.29, 1.82) is 0 Å². The van der Waals surface area contributed by atoms with Crippen LogP contribution in [-0.4, -0.2) is 18.0 Å². The predicted molar refractivity (Wildman–Crippen MR) is 72.2 cm³/mol. The summed E-state index contributed by atoms with van der Waals surface area (Å²) in [6, 6.07) is 7.98. The maximum atomic E-state index is 10.9. The number of hydrogen-bond donors (Lipinski definition) is 2. The Bertz CT molecular complexity index is 363. The second kappa shape index (κ2) is 5.82. The van der Waals surface area contributed by atoms with E-state index in [0.29, 0.717) is 0 Å². The second-order valence-electron chi connectivity index (χ2n) is 5.30. The van der Waals surface area contributed by atoms with Crippen molar-refractivity contribution in [1.82, 2.24) is 5.32 Å². The molecule has 0 saturated heterocycles. The number of carbonyl (C=O) groups excluding carboxylic acids is 1. The van der Waals surface area contributed by atoms with Gasteiger partial charge in [-0.2, -0.15) is 0 Å². The summed E-state index contributed by atoms with van der Waals surface area (Å²) in [5, 5.41) is 6.21. The fraction of sp³-hybridized carbons (Fsp3) is 0.500. The smallest absolute Gasteiger partial charge is 0.221 e. The molecule has 2 N–H and O–H groups in total. The Morgan fingerprint density at radius 2 is 1.76 bits per heavy atom. The molecule has 0 spiro atoms. The van der Waals surface area contributed by atoms with Crippen LogP contribution in [0.15, 0.2) is 24.3 Å². The molecule has 0 heterocycles. The van der Waals surface area contributed by atoms with Crippen molar-refractivity contribution in [2.45, 2.75) is 39.7 Å². The quantitative estimate of drug-likeness (QED) is 0.840. The van der Waals surface area contributed by atoms with Gasteiger partial charge < -0.3 is 10.6 Å². The molecule has 0 bridgehead atoms. The van der Waals surface area contributed by atoms with Crippen molar-refractivity contribution >= 4 is 11.6 Å². The van der Waals surface area contributed by atoms with E-state index >= 15 is 0 Å². The summed E-state index contributed by atoms with van der Waals surface area (Å²) < 4.78 is 0. The SMILES string of the molecule is CC(=O)Nc1ccc(CCNC(C)(C)C)cc1. The topological polar surface area (TPSA) is 41.1 Å². The van der Waals surface area contributed by atoms with Crippen LogP contribution in [0, 0.1) is 0 Å². The minimum Gasteiger partial charge on any atom is -0.326 e. The van der Waals surface area contributed by atoms with Crippen LogP contribution in [0.1, 0.15) is 33.3 Å². The van der Waals surface area contributed by atoms with E-state index < -0.39 is 0 Å². The van der Waals surface area contributed by atoms with Crippen molar-refractivity contribution in [3.05, 3.63) is 29.8 Å². The molecule has 3 heteroatoms. The van der Waals surface area contributed by atoms with Gasteiger partial charge >= 0.3 is 0 Å². The van der Waals surface area contributed by atoms with Gasteiger partial charge in [0.2, 0.25) is 5.91 Å². The third kappa shape index (κ3) is 6.07. The second-order valence-corrected chi connectivity index (χ2v) is 5.30. The van der Waals surface area contributed by atoms with E-state index in [1.165, 1.54) is 12.5 Å². The minimum atomic E-state index is -0.0350. The number of rotatable bonds is 4. The van der Waals surface area contributed by atoms with Crippen LogP contribution in [0.4, 0.5) is 5.69 Å². The van der Waals surface area contributed by atoms with Gasteiger partial charge in [-0.1, -0.05) is 12.1 Å². The minimum absolute atomic E-state index is 0.0350. The predicted octanol–water partition coefficient (Wildman–Crippen LogP) is 2.58. The lowest BCUT2D eigenvalue weighted by atomic mass is 10.1. The Hall–Kier alpha value is -1.35. The van der Waals surface area contributed by atoms with E-state index in [1.807, 2.05) is 12.1 Å². The lowest BCUT2D eigenvalue weighted by Crippen LogP contribution is -2.37. The number of hydrogen-bond acceptors (Lipinski definition) is 2. The molecule has 0 aliphatic heterocycles. The third-order valence-corrected chi connectivity index (χ3v) is 2.34. The van der Waals surface area contributed by atoms with Crippen molar-refractivity contribution in [2.75, 3.05) is 11.9 Å². The van der Waals surface area contributed by atoms with Crippen LogP contribution < -0.4 is 10.6 Å². The zero-order chi connectivity index (χ0) is 12.9. The van der Waals surface area contributed by atoms with Crippen molar-refractivity contribution in [2.24, 2.45) is 0 Å². The molecule has 1 amide bonds. The van der Waals surface area contributed by atoms with Gasteiger partial charge in [-0.25, -0.2) is 0 Å². The van der Waals surface area contributed by atoms with Gasteiger partial charge in [0.15, 0.2) is 0 Å². The summed E-state index contributed by atoms with van der Waals surface area (Å²) >= 11 is 0. The van der Waals surface area contributed by atoms with Crippen LogP contribution in [0.5, 0.6) is 0 Å². The van der Waals surface area contributed by atoms with E-state index in [4.69, 9.17) is 0 Å². The molecule has 0 saturated carbocycles. The number of amides is 1. The van der Waals surface area contributed by atoms with Gasteiger partial charge in [0.25, 0.3) is 0 Å². The molecule has 0 aromatic heterocycles. The van der Waals surface area contributed by atoms with Crippen molar-refractivity contribution in [3.8, 4) is 0 Å². The number of benzene rings is 1. The van der Waals surface area contributed by atoms with Crippen LogP contribution in [0.3, 0.4) is 0 Å². The summed E-state index contributed by atoms with van der Waals surface area (Å²) in [6.45, 7) is 8.96. The Kier molecular flexibility index (Phi) is 4.70. The van der Waals surface area contributed by atoms with Gasteiger partial charge in [0.05, 0.1) is 0 Å². The van der Waals surface area contributed by atoms with Crippen LogP contribution >= 0.6 is 0 Å². The maximum absolute atomic E-state index is 10.9. The maximum Gasteiger partial charge on any atom is 0.221 e. The molecule has 1 rings (SSSR count). The summed E-state index contributed by atoms with van der Waals surface area (Å²) in [7, 11) is 0. The van der Waals surface area contributed by atoms with E-state index in [9.17, 15) is 4.79 Å². The van der Waals surface area contributed by atoms with E-state index in [0.717, 1.165) is 18.7 Å². The van der Waals surface area contributed by atoms with Crippen LogP contribution in [0.25, 0.3) is 0 Å². The van der Waals surface area contributed by atoms with Gasteiger partial charge in [0, 0.05) is 18.2 Å². The first kappa shape index (κ1) is 13.7. The monoisotopic (exact) mass is 234 g/mol. The number of nitrogens with one attached hydrogen (secondary N) is 2. The van der Waals surface area contributed by atoms with Crippen LogP contribution in [-0.2, 0) is 11.2 Å². The Balaban J connectivity index is 2.43. The molecular formula is C14H22N2O. The summed E-state index contributed by atoms with van der Waals surface area (Å²) in [6.07, 6.45) is 0.998. The Morgan fingerprint density at radius 3 is 2.24 bits per heavy atom. The zero-order valence-corrected chi connectivity index (χ0v) is 11.1. The summed E-state index contributed by atoms with van der Waals surface area (Å²) in [5.74, 6) is -0.0350. The summed E-state index contributed by atoms with van der Waals surface area (Å²) in [4.78, 5) is 10.9. The van der Waals surface area contributed by atoms with E-state index in [-0.39, 0.29) is 11.4 Å². The Morgan fingerprint density at radius 1 is 1.18 bits per heavy atom. The van der Waals surface area contributed by atoms with Crippen LogP contribution in [0.2, 0.25) is 0 Å². The zero-order valence-electron chi connectivity index (χ0n) is 11.1. The largest absolute Gasteiger partial charge is 0.326 e. The molecule has 1 aromatic rings. The fourth-order valence-electron chi connectivity index (χ4n) is 1.54. The first-order valence-electron chi connectivity index (χ1n) is 5.98. The molecule has 0 aliphatic carbocycles. The highest BCUT2D eigenvalue weighted by Crippen LogP contribution is 2.10. The highest BCUT2D eigenvalue weighted by atomic mass is 16.1. The molecular weight excluding hydrogens is 212 g/mol. The third-order valence-electron chi connectivity index (χ3n) is 2.34. The van der Waals surface area contributed by atoms with Gasteiger partial charge in [-0.15, -0.1) is 0 Å². The fourth-order valence-corrected chi connectivity index (χ4v) is 1.54. The molecule has 0 radical (unpaired) electrons.